The molecule has 19 heavy (non-hydrogen) atoms. The van der Waals surface area contributed by atoms with Crippen LogP contribution < -0.4 is 5.32 Å². The molecule has 1 aliphatic carbocycles. The lowest BCUT2D eigenvalue weighted by Gasteiger charge is -2.41. The van der Waals surface area contributed by atoms with Gasteiger partial charge in [-0.3, -0.25) is 0 Å². The predicted octanol–water partition coefficient (Wildman–Crippen LogP) is 4.45. The Kier molecular flexibility index (Phi) is 4.11. The number of ether oxygens (including phenoxy) is 1. The van der Waals surface area contributed by atoms with E-state index < -0.39 is 11.7 Å². The van der Waals surface area contributed by atoms with E-state index in [1.165, 1.54) is 6.07 Å². The first-order valence-electron chi connectivity index (χ1n) is 6.02. The van der Waals surface area contributed by atoms with E-state index in [-0.39, 0.29) is 11.3 Å². The molecule has 1 fully saturated rings. The zero-order valence-electron chi connectivity index (χ0n) is 10.5. The lowest BCUT2D eigenvalue weighted by Crippen LogP contribution is -2.45. The summed E-state index contributed by atoms with van der Waals surface area (Å²) in [6.07, 6.45) is -1.54. The molecule has 6 heteroatoms. The highest BCUT2D eigenvalue weighted by molar-refractivity contribution is 9.10. The van der Waals surface area contributed by atoms with Crippen LogP contribution in [0.4, 0.5) is 18.9 Å². The van der Waals surface area contributed by atoms with Gasteiger partial charge in [-0.05, 0) is 37.5 Å². The Morgan fingerprint density at radius 2 is 2.05 bits per heavy atom. The van der Waals surface area contributed by atoms with Crippen LogP contribution in [0.3, 0.4) is 0 Å². The molecule has 0 amide bonds. The molecule has 0 saturated heterocycles. The van der Waals surface area contributed by atoms with E-state index in [0.717, 1.165) is 25.3 Å². The van der Waals surface area contributed by atoms with Crippen LogP contribution in [0.1, 0.15) is 24.8 Å². The van der Waals surface area contributed by atoms with E-state index in [0.29, 0.717) is 11.0 Å². The molecule has 2 nitrogen and oxygen atoms in total. The molecular weight excluding hydrogens is 323 g/mol. The summed E-state index contributed by atoms with van der Waals surface area (Å²) in [5.74, 6) is 0. The van der Waals surface area contributed by atoms with E-state index in [2.05, 4.69) is 21.2 Å². The minimum atomic E-state index is -4.37. The molecule has 0 atom stereocenters. The zero-order valence-corrected chi connectivity index (χ0v) is 12.1. The van der Waals surface area contributed by atoms with E-state index in [1.54, 1.807) is 13.2 Å². The number of hydrogen-bond donors (Lipinski definition) is 1. The summed E-state index contributed by atoms with van der Waals surface area (Å²) in [5, 5.41) is 2.87. The average molecular weight is 338 g/mol. The molecule has 0 bridgehead atoms. The number of anilines is 1. The fourth-order valence-corrected chi connectivity index (χ4v) is 2.55. The lowest BCUT2D eigenvalue weighted by molar-refractivity contribution is -0.137. The largest absolute Gasteiger partial charge is 0.418 e. The number of halogens is 4. The molecule has 2 rings (SSSR count). The van der Waals surface area contributed by atoms with Gasteiger partial charge in [-0.15, -0.1) is 0 Å². The van der Waals surface area contributed by atoms with Crippen molar-refractivity contribution in [3.05, 3.63) is 28.2 Å². The highest BCUT2D eigenvalue weighted by Crippen LogP contribution is 2.39. The van der Waals surface area contributed by atoms with Crippen LogP contribution in [0.15, 0.2) is 22.7 Å². The standard InChI is InChI=1S/C13H15BrF3NO/c1-19-12(5-2-6-12)8-18-11-4-3-9(14)7-10(11)13(15,16)17/h3-4,7,18H,2,5-6,8H2,1H3. The van der Waals surface area contributed by atoms with Crippen LogP contribution in [0.25, 0.3) is 0 Å². The molecule has 1 N–H and O–H groups in total. The predicted molar refractivity (Wildman–Crippen MR) is 71.2 cm³/mol. The Bertz CT molecular complexity index is 452. The summed E-state index contributed by atoms with van der Waals surface area (Å²) in [5.41, 5.74) is -0.873. The Morgan fingerprint density at radius 3 is 2.53 bits per heavy atom. The van der Waals surface area contributed by atoms with Crippen molar-refractivity contribution in [2.75, 3.05) is 19.0 Å². The summed E-state index contributed by atoms with van der Waals surface area (Å²) < 4.78 is 44.6. The summed E-state index contributed by atoms with van der Waals surface area (Å²) in [7, 11) is 1.60. The third-order valence-corrected chi connectivity index (χ3v) is 4.08. The first-order chi connectivity index (χ1) is 8.86. The van der Waals surface area contributed by atoms with Gasteiger partial charge in [-0.1, -0.05) is 15.9 Å². The second-order valence-corrected chi connectivity index (χ2v) is 5.70. The van der Waals surface area contributed by atoms with Crippen molar-refractivity contribution in [1.29, 1.82) is 0 Å². The van der Waals surface area contributed by atoms with Crippen molar-refractivity contribution in [2.45, 2.75) is 31.0 Å². The number of methoxy groups -OCH3 is 1. The Balaban J connectivity index is 2.16. The number of nitrogens with one attached hydrogen (secondary N) is 1. The maximum atomic E-state index is 12.9. The molecule has 0 spiro atoms. The first-order valence-corrected chi connectivity index (χ1v) is 6.81. The van der Waals surface area contributed by atoms with Crippen LogP contribution in [0.5, 0.6) is 0 Å². The molecule has 106 valence electrons. The SMILES string of the molecule is COC1(CNc2ccc(Br)cc2C(F)(F)F)CCC1. The average Bonchev–Trinajstić information content (AvgIpc) is 2.28. The number of alkyl halides is 3. The van der Waals surface area contributed by atoms with Crippen LogP contribution in [-0.4, -0.2) is 19.3 Å². The molecule has 0 radical (unpaired) electrons. The van der Waals surface area contributed by atoms with Gasteiger partial charge in [0.05, 0.1) is 11.2 Å². The topological polar surface area (TPSA) is 21.3 Å². The number of rotatable bonds is 4. The summed E-state index contributed by atoms with van der Waals surface area (Å²) in [4.78, 5) is 0. The third-order valence-electron chi connectivity index (χ3n) is 3.59. The second-order valence-electron chi connectivity index (χ2n) is 4.78. The quantitative estimate of drug-likeness (QED) is 0.876. The zero-order chi connectivity index (χ0) is 14.1. The fourth-order valence-electron chi connectivity index (χ4n) is 2.19. The molecular formula is C13H15BrF3NO. The van der Waals surface area contributed by atoms with Crippen molar-refractivity contribution in [3.63, 3.8) is 0 Å². The summed E-state index contributed by atoms with van der Waals surface area (Å²) in [6, 6.07) is 4.12. The van der Waals surface area contributed by atoms with Gasteiger partial charge < -0.3 is 10.1 Å². The fraction of sp³-hybridized carbons (Fsp3) is 0.538. The van der Waals surface area contributed by atoms with Gasteiger partial charge >= 0.3 is 6.18 Å². The Labute approximate surface area is 118 Å². The Hall–Kier alpha value is -0.750. The van der Waals surface area contributed by atoms with Crippen molar-refractivity contribution in [2.24, 2.45) is 0 Å². The highest BCUT2D eigenvalue weighted by atomic mass is 79.9. The van der Waals surface area contributed by atoms with E-state index >= 15 is 0 Å². The Morgan fingerprint density at radius 1 is 1.37 bits per heavy atom. The molecule has 1 aliphatic rings. The van der Waals surface area contributed by atoms with Crippen molar-refractivity contribution < 1.29 is 17.9 Å². The molecule has 0 aliphatic heterocycles. The van der Waals surface area contributed by atoms with Crippen molar-refractivity contribution in [3.8, 4) is 0 Å². The molecule has 0 aromatic heterocycles. The highest BCUT2D eigenvalue weighted by Gasteiger charge is 2.38. The minimum Gasteiger partial charge on any atom is -0.382 e. The van der Waals surface area contributed by atoms with Crippen molar-refractivity contribution >= 4 is 21.6 Å². The molecule has 1 saturated carbocycles. The van der Waals surface area contributed by atoms with Gasteiger partial charge in [0.1, 0.15) is 0 Å². The van der Waals surface area contributed by atoms with Crippen molar-refractivity contribution in [1.82, 2.24) is 0 Å². The van der Waals surface area contributed by atoms with Gasteiger partial charge in [0.15, 0.2) is 0 Å². The molecule has 0 heterocycles. The summed E-state index contributed by atoms with van der Waals surface area (Å²) in [6.45, 7) is 0.397. The van der Waals surface area contributed by atoms with Gasteiger partial charge in [0.2, 0.25) is 0 Å². The van der Waals surface area contributed by atoms with Gasteiger partial charge in [0, 0.05) is 23.8 Å². The van der Waals surface area contributed by atoms with Gasteiger partial charge in [0.25, 0.3) is 0 Å². The maximum Gasteiger partial charge on any atom is 0.418 e. The van der Waals surface area contributed by atoms with E-state index in [4.69, 9.17) is 4.74 Å². The molecule has 1 aromatic rings. The first kappa shape index (κ1) is 14.7. The molecule has 1 aromatic carbocycles. The monoisotopic (exact) mass is 337 g/mol. The number of hydrogen-bond acceptors (Lipinski definition) is 2. The second kappa shape index (κ2) is 5.32. The summed E-state index contributed by atoms with van der Waals surface area (Å²) >= 11 is 3.07. The van der Waals surface area contributed by atoms with Crippen LogP contribution >= 0.6 is 15.9 Å². The lowest BCUT2D eigenvalue weighted by atomic mass is 9.80. The minimum absolute atomic E-state index is 0.0963. The van der Waals surface area contributed by atoms with Gasteiger partial charge in [-0.2, -0.15) is 13.2 Å². The third kappa shape index (κ3) is 3.23. The van der Waals surface area contributed by atoms with E-state index in [1.807, 2.05) is 0 Å². The smallest absolute Gasteiger partial charge is 0.382 e. The maximum absolute atomic E-state index is 12.9. The van der Waals surface area contributed by atoms with Crippen LogP contribution in [0, 0.1) is 0 Å². The van der Waals surface area contributed by atoms with E-state index in [9.17, 15) is 13.2 Å². The number of benzene rings is 1. The normalized spacial score (nSPS) is 17.9. The van der Waals surface area contributed by atoms with Gasteiger partial charge in [-0.25, -0.2) is 0 Å². The van der Waals surface area contributed by atoms with Crippen LogP contribution in [0.2, 0.25) is 0 Å². The van der Waals surface area contributed by atoms with Crippen LogP contribution in [-0.2, 0) is 10.9 Å². The molecule has 0 unspecified atom stereocenters.